The SMILES string of the molecule is CNC(=O)c1cccc(NC(=O)NC(C)(C)CCC(=O)O)c1C. The zero-order valence-corrected chi connectivity index (χ0v) is 13.8. The summed E-state index contributed by atoms with van der Waals surface area (Å²) in [4.78, 5) is 34.5. The van der Waals surface area contributed by atoms with Crippen LogP contribution in [0.2, 0.25) is 0 Å². The first-order chi connectivity index (χ1) is 10.7. The molecule has 1 aromatic rings. The Hall–Kier alpha value is -2.57. The minimum atomic E-state index is -0.908. The highest BCUT2D eigenvalue weighted by atomic mass is 16.4. The second-order valence-electron chi connectivity index (χ2n) is 5.91. The fourth-order valence-electron chi connectivity index (χ4n) is 2.09. The summed E-state index contributed by atoms with van der Waals surface area (Å²) in [6.07, 6.45) is 0.283. The number of benzene rings is 1. The molecule has 0 unspecified atom stereocenters. The van der Waals surface area contributed by atoms with E-state index in [4.69, 9.17) is 5.11 Å². The van der Waals surface area contributed by atoms with E-state index in [-0.39, 0.29) is 12.3 Å². The van der Waals surface area contributed by atoms with Crippen LogP contribution in [0.4, 0.5) is 10.5 Å². The molecule has 7 heteroatoms. The number of carbonyl (C=O) groups is 3. The van der Waals surface area contributed by atoms with Gasteiger partial charge in [-0.2, -0.15) is 0 Å². The Morgan fingerprint density at radius 1 is 1.22 bits per heavy atom. The third-order valence-electron chi connectivity index (χ3n) is 3.47. The van der Waals surface area contributed by atoms with Crippen LogP contribution in [0.1, 0.15) is 42.6 Å². The summed E-state index contributed by atoms with van der Waals surface area (Å²) in [6.45, 7) is 5.25. The zero-order valence-electron chi connectivity index (χ0n) is 13.8. The Labute approximate surface area is 135 Å². The number of amides is 3. The molecule has 23 heavy (non-hydrogen) atoms. The highest BCUT2D eigenvalue weighted by molar-refractivity contribution is 5.99. The Morgan fingerprint density at radius 2 is 1.87 bits per heavy atom. The van der Waals surface area contributed by atoms with Gasteiger partial charge in [0.05, 0.1) is 0 Å². The number of urea groups is 1. The summed E-state index contributed by atoms with van der Waals surface area (Å²) in [5.74, 6) is -1.14. The van der Waals surface area contributed by atoms with Crippen molar-refractivity contribution in [3.05, 3.63) is 29.3 Å². The van der Waals surface area contributed by atoms with Crippen LogP contribution in [0, 0.1) is 6.92 Å². The number of nitrogens with one attached hydrogen (secondary N) is 3. The van der Waals surface area contributed by atoms with E-state index in [1.165, 1.54) is 0 Å². The van der Waals surface area contributed by atoms with E-state index < -0.39 is 17.5 Å². The fraction of sp³-hybridized carbons (Fsp3) is 0.438. The molecule has 1 aromatic carbocycles. The Balaban J connectivity index is 2.78. The largest absolute Gasteiger partial charge is 0.481 e. The third kappa shape index (κ3) is 5.61. The van der Waals surface area contributed by atoms with Crippen molar-refractivity contribution in [1.82, 2.24) is 10.6 Å². The minimum absolute atomic E-state index is 0.0293. The smallest absolute Gasteiger partial charge is 0.319 e. The van der Waals surface area contributed by atoms with Crippen molar-refractivity contribution >= 4 is 23.6 Å². The van der Waals surface area contributed by atoms with Crippen LogP contribution in [0.15, 0.2) is 18.2 Å². The van der Waals surface area contributed by atoms with Gasteiger partial charge in [-0.25, -0.2) is 4.79 Å². The third-order valence-corrected chi connectivity index (χ3v) is 3.47. The molecule has 1 rings (SSSR count). The molecular weight excluding hydrogens is 298 g/mol. The van der Waals surface area contributed by atoms with Gasteiger partial charge in [0, 0.05) is 30.3 Å². The van der Waals surface area contributed by atoms with E-state index in [1.807, 2.05) is 0 Å². The molecule has 126 valence electrons. The van der Waals surface area contributed by atoms with Crippen molar-refractivity contribution < 1.29 is 19.5 Å². The number of anilines is 1. The first kappa shape index (κ1) is 18.5. The summed E-state index contributed by atoms with van der Waals surface area (Å²) in [7, 11) is 1.54. The predicted molar refractivity (Wildman–Crippen MR) is 87.7 cm³/mol. The summed E-state index contributed by atoms with van der Waals surface area (Å²) < 4.78 is 0. The van der Waals surface area contributed by atoms with Crippen molar-refractivity contribution in [2.45, 2.75) is 39.2 Å². The molecule has 0 aliphatic rings. The Morgan fingerprint density at radius 3 is 2.43 bits per heavy atom. The second-order valence-corrected chi connectivity index (χ2v) is 5.91. The normalized spacial score (nSPS) is 10.8. The van der Waals surface area contributed by atoms with Gasteiger partial charge in [0.15, 0.2) is 0 Å². The standard InChI is InChI=1S/C16H23N3O4/c1-10-11(14(22)17-4)6-5-7-12(10)18-15(23)19-16(2,3)9-8-13(20)21/h5-7H,8-9H2,1-4H3,(H,17,22)(H,20,21)(H2,18,19,23). The van der Waals surface area contributed by atoms with Crippen LogP contribution in [0.25, 0.3) is 0 Å². The van der Waals surface area contributed by atoms with Gasteiger partial charge < -0.3 is 21.1 Å². The quantitative estimate of drug-likeness (QED) is 0.643. The molecule has 0 bridgehead atoms. The van der Waals surface area contributed by atoms with Crippen molar-refractivity contribution in [3.8, 4) is 0 Å². The van der Waals surface area contributed by atoms with E-state index in [0.29, 0.717) is 23.2 Å². The van der Waals surface area contributed by atoms with Gasteiger partial charge in [-0.3, -0.25) is 9.59 Å². The van der Waals surface area contributed by atoms with E-state index in [2.05, 4.69) is 16.0 Å². The molecule has 0 saturated carbocycles. The minimum Gasteiger partial charge on any atom is -0.481 e. The Kier molecular flexibility index (Phi) is 6.12. The van der Waals surface area contributed by atoms with Crippen molar-refractivity contribution in [3.63, 3.8) is 0 Å². The molecule has 0 saturated heterocycles. The van der Waals surface area contributed by atoms with Gasteiger partial charge in [0.1, 0.15) is 0 Å². The monoisotopic (exact) mass is 321 g/mol. The Bertz CT molecular complexity index is 611. The molecule has 0 atom stereocenters. The molecule has 0 aromatic heterocycles. The molecule has 0 radical (unpaired) electrons. The second kappa shape index (κ2) is 7.62. The highest BCUT2D eigenvalue weighted by Gasteiger charge is 2.22. The van der Waals surface area contributed by atoms with Gasteiger partial charge in [0.25, 0.3) is 5.91 Å². The highest BCUT2D eigenvalue weighted by Crippen LogP contribution is 2.19. The van der Waals surface area contributed by atoms with Crippen LogP contribution < -0.4 is 16.0 Å². The van der Waals surface area contributed by atoms with Crippen LogP contribution in [0.3, 0.4) is 0 Å². The van der Waals surface area contributed by atoms with Crippen molar-refractivity contribution in [1.29, 1.82) is 0 Å². The summed E-state index contributed by atoms with van der Waals surface area (Å²) in [6, 6.07) is 4.61. The number of rotatable bonds is 6. The lowest BCUT2D eigenvalue weighted by molar-refractivity contribution is -0.137. The zero-order chi connectivity index (χ0) is 17.6. The van der Waals surface area contributed by atoms with Gasteiger partial charge in [0.2, 0.25) is 0 Å². The maximum absolute atomic E-state index is 12.1. The molecular formula is C16H23N3O4. The van der Waals surface area contributed by atoms with Gasteiger partial charge in [-0.15, -0.1) is 0 Å². The lowest BCUT2D eigenvalue weighted by Gasteiger charge is -2.26. The van der Waals surface area contributed by atoms with E-state index in [9.17, 15) is 14.4 Å². The first-order valence-corrected chi connectivity index (χ1v) is 7.29. The van der Waals surface area contributed by atoms with Crippen LogP contribution in [-0.4, -0.2) is 35.6 Å². The average molecular weight is 321 g/mol. The first-order valence-electron chi connectivity index (χ1n) is 7.29. The number of carboxylic acid groups (broad SMARTS) is 1. The number of aliphatic carboxylic acids is 1. The molecule has 0 heterocycles. The lowest BCUT2D eigenvalue weighted by atomic mass is 9.99. The average Bonchev–Trinajstić information content (AvgIpc) is 2.46. The van der Waals surface area contributed by atoms with Gasteiger partial charge >= 0.3 is 12.0 Å². The number of carboxylic acids is 1. The molecule has 3 amide bonds. The number of carbonyl (C=O) groups excluding carboxylic acids is 2. The van der Waals surface area contributed by atoms with E-state index in [1.54, 1.807) is 46.0 Å². The molecule has 4 N–H and O–H groups in total. The van der Waals surface area contributed by atoms with Gasteiger partial charge in [-0.05, 0) is 44.9 Å². The van der Waals surface area contributed by atoms with Crippen molar-refractivity contribution in [2.75, 3.05) is 12.4 Å². The van der Waals surface area contributed by atoms with E-state index >= 15 is 0 Å². The maximum atomic E-state index is 12.1. The number of hydrogen-bond donors (Lipinski definition) is 4. The van der Waals surface area contributed by atoms with Crippen LogP contribution in [-0.2, 0) is 4.79 Å². The summed E-state index contributed by atoms with van der Waals surface area (Å²) >= 11 is 0. The van der Waals surface area contributed by atoms with Crippen molar-refractivity contribution in [2.24, 2.45) is 0 Å². The molecule has 0 aliphatic heterocycles. The molecule has 7 nitrogen and oxygen atoms in total. The molecule has 0 fully saturated rings. The summed E-state index contributed by atoms with van der Waals surface area (Å²) in [5.41, 5.74) is 1.01. The van der Waals surface area contributed by atoms with E-state index in [0.717, 1.165) is 0 Å². The van der Waals surface area contributed by atoms with Crippen LogP contribution in [0.5, 0.6) is 0 Å². The summed E-state index contributed by atoms with van der Waals surface area (Å²) in [5, 5.41) is 16.7. The molecule has 0 aliphatic carbocycles. The number of hydrogen-bond acceptors (Lipinski definition) is 3. The lowest BCUT2D eigenvalue weighted by Crippen LogP contribution is -2.45. The fourth-order valence-corrected chi connectivity index (χ4v) is 2.09. The maximum Gasteiger partial charge on any atom is 0.319 e. The topological polar surface area (TPSA) is 108 Å². The predicted octanol–water partition coefficient (Wildman–Crippen LogP) is 2.12. The van der Waals surface area contributed by atoms with Crippen LogP contribution >= 0.6 is 0 Å². The van der Waals surface area contributed by atoms with Gasteiger partial charge in [-0.1, -0.05) is 6.07 Å². The molecule has 0 spiro atoms.